The second-order valence-electron chi connectivity index (χ2n) is 3.19. The first kappa shape index (κ1) is 8.35. The fourth-order valence-corrected chi connectivity index (χ4v) is 2.28. The van der Waals surface area contributed by atoms with Gasteiger partial charge in [-0.25, -0.2) is 0 Å². The highest BCUT2D eigenvalue weighted by Gasteiger charge is 2.14. The van der Waals surface area contributed by atoms with Gasteiger partial charge in [-0.2, -0.15) is 0 Å². The van der Waals surface area contributed by atoms with Gasteiger partial charge in [0.2, 0.25) is 0 Å². The van der Waals surface area contributed by atoms with E-state index in [9.17, 15) is 0 Å². The Kier molecular flexibility index (Phi) is 2.54. The maximum atomic E-state index is 3.54. The van der Waals surface area contributed by atoms with Gasteiger partial charge in [-0.3, -0.25) is 0 Å². The number of nitrogens with one attached hydrogen (secondary N) is 1. The molecule has 0 amide bonds. The van der Waals surface area contributed by atoms with Crippen molar-refractivity contribution in [2.45, 2.75) is 18.9 Å². The minimum absolute atomic E-state index is 0.681. The van der Waals surface area contributed by atoms with Crippen LogP contribution in [0, 0.1) is 0 Å². The van der Waals surface area contributed by atoms with E-state index < -0.39 is 0 Å². The first-order valence-corrected chi connectivity index (χ1v) is 5.83. The Morgan fingerprint density at radius 1 is 1.42 bits per heavy atom. The largest absolute Gasteiger partial charge is 0.381 e. The Bertz CT molecular complexity index is 272. The van der Waals surface area contributed by atoms with Crippen LogP contribution in [0.25, 0.3) is 0 Å². The fraction of sp³-hybridized carbons (Fsp3) is 0.400. The number of halogens is 1. The molecule has 1 aliphatic heterocycles. The second kappa shape index (κ2) is 3.64. The van der Waals surface area contributed by atoms with E-state index in [0.29, 0.717) is 6.04 Å². The predicted octanol–water partition coefficient (Wildman–Crippen LogP) is 2.85. The number of aryl methyl sites for hydroxylation is 1. The number of benzene rings is 1. The first-order chi connectivity index (χ1) is 5.90. The van der Waals surface area contributed by atoms with Gasteiger partial charge in [0.25, 0.3) is 0 Å². The van der Waals surface area contributed by atoms with Crippen LogP contribution in [0.2, 0.25) is 0 Å². The maximum absolute atomic E-state index is 3.54. The van der Waals surface area contributed by atoms with Crippen molar-refractivity contribution < 1.29 is 0 Å². The number of alkyl halides is 1. The van der Waals surface area contributed by atoms with Gasteiger partial charge >= 0.3 is 0 Å². The van der Waals surface area contributed by atoms with Gasteiger partial charge in [0, 0.05) is 16.2 Å². The molecule has 0 saturated heterocycles. The molecule has 0 aromatic heterocycles. The smallest absolute Gasteiger partial charge is 0.0375 e. The third-order valence-corrected chi connectivity index (χ3v) is 3.39. The molecule has 64 valence electrons. The highest BCUT2D eigenvalue weighted by Crippen LogP contribution is 2.24. The summed E-state index contributed by atoms with van der Waals surface area (Å²) >= 11 is 2.44. The Balaban J connectivity index is 2.23. The Morgan fingerprint density at radius 3 is 3.08 bits per heavy atom. The van der Waals surface area contributed by atoms with Crippen molar-refractivity contribution in [2.24, 2.45) is 0 Å². The summed E-state index contributed by atoms with van der Waals surface area (Å²) in [5.41, 5.74) is 2.81. The summed E-state index contributed by atoms with van der Waals surface area (Å²) in [4.78, 5) is 0. The highest BCUT2D eigenvalue weighted by molar-refractivity contribution is 14.1. The summed E-state index contributed by atoms with van der Waals surface area (Å²) in [7, 11) is 0. The van der Waals surface area contributed by atoms with Crippen molar-refractivity contribution in [2.75, 3.05) is 9.74 Å². The molecular formula is C10H12IN. The minimum Gasteiger partial charge on any atom is -0.381 e. The van der Waals surface area contributed by atoms with E-state index in [1.807, 2.05) is 0 Å². The van der Waals surface area contributed by atoms with Crippen LogP contribution in [0.3, 0.4) is 0 Å². The van der Waals surface area contributed by atoms with Gasteiger partial charge in [0.15, 0.2) is 0 Å². The van der Waals surface area contributed by atoms with E-state index in [1.54, 1.807) is 0 Å². The maximum Gasteiger partial charge on any atom is 0.0375 e. The van der Waals surface area contributed by atoms with Gasteiger partial charge in [-0.1, -0.05) is 40.8 Å². The molecule has 1 heterocycles. The van der Waals surface area contributed by atoms with Gasteiger partial charge in [0.1, 0.15) is 0 Å². The third-order valence-electron chi connectivity index (χ3n) is 2.33. The fourth-order valence-electron chi connectivity index (χ4n) is 1.62. The SMILES string of the molecule is ICC1CCc2ccccc2N1. The van der Waals surface area contributed by atoms with Crippen molar-refractivity contribution >= 4 is 28.3 Å². The number of para-hydroxylation sites is 1. The summed E-state index contributed by atoms with van der Waals surface area (Å²) in [5.74, 6) is 0. The van der Waals surface area contributed by atoms with Crippen LogP contribution in [0.1, 0.15) is 12.0 Å². The van der Waals surface area contributed by atoms with Gasteiger partial charge in [-0.15, -0.1) is 0 Å². The molecule has 0 fully saturated rings. The van der Waals surface area contributed by atoms with E-state index in [1.165, 1.54) is 28.5 Å². The van der Waals surface area contributed by atoms with Crippen molar-refractivity contribution in [3.63, 3.8) is 0 Å². The molecule has 1 atom stereocenters. The molecule has 1 N–H and O–H groups in total. The highest BCUT2D eigenvalue weighted by atomic mass is 127. The Labute approximate surface area is 86.7 Å². The lowest BCUT2D eigenvalue weighted by Gasteiger charge is -2.25. The van der Waals surface area contributed by atoms with Crippen molar-refractivity contribution in [3.05, 3.63) is 29.8 Å². The lowest BCUT2D eigenvalue weighted by atomic mass is 9.99. The van der Waals surface area contributed by atoms with E-state index in [4.69, 9.17) is 0 Å². The molecular weight excluding hydrogens is 261 g/mol. The van der Waals surface area contributed by atoms with Crippen LogP contribution in [-0.4, -0.2) is 10.5 Å². The normalized spacial score (nSPS) is 21.2. The van der Waals surface area contributed by atoms with E-state index in [2.05, 4.69) is 52.2 Å². The summed E-state index contributed by atoms with van der Waals surface area (Å²) < 4.78 is 1.20. The summed E-state index contributed by atoms with van der Waals surface area (Å²) in [6, 6.07) is 9.28. The zero-order chi connectivity index (χ0) is 8.39. The predicted molar refractivity (Wildman–Crippen MR) is 61.1 cm³/mol. The quantitative estimate of drug-likeness (QED) is 0.613. The van der Waals surface area contributed by atoms with Gasteiger partial charge in [-0.05, 0) is 24.5 Å². The van der Waals surface area contributed by atoms with Crippen molar-refractivity contribution in [1.29, 1.82) is 0 Å². The lowest BCUT2D eigenvalue weighted by Crippen LogP contribution is -2.26. The number of anilines is 1. The summed E-state index contributed by atoms with van der Waals surface area (Å²) in [6.07, 6.45) is 2.51. The van der Waals surface area contributed by atoms with Crippen LogP contribution in [-0.2, 0) is 6.42 Å². The number of rotatable bonds is 1. The molecule has 0 spiro atoms. The molecule has 1 aromatic rings. The van der Waals surface area contributed by atoms with Crippen molar-refractivity contribution in [1.82, 2.24) is 0 Å². The van der Waals surface area contributed by atoms with Crippen LogP contribution in [0.4, 0.5) is 5.69 Å². The summed E-state index contributed by atoms with van der Waals surface area (Å²) in [6.45, 7) is 0. The Morgan fingerprint density at radius 2 is 2.25 bits per heavy atom. The van der Waals surface area contributed by atoms with Gasteiger partial charge in [0.05, 0.1) is 0 Å². The van der Waals surface area contributed by atoms with Crippen LogP contribution in [0.15, 0.2) is 24.3 Å². The molecule has 2 rings (SSSR count). The van der Waals surface area contributed by atoms with Crippen LogP contribution >= 0.6 is 22.6 Å². The lowest BCUT2D eigenvalue weighted by molar-refractivity contribution is 0.695. The topological polar surface area (TPSA) is 12.0 Å². The van der Waals surface area contributed by atoms with Crippen molar-refractivity contribution in [3.8, 4) is 0 Å². The molecule has 0 bridgehead atoms. The molecule has 1 unspecified atom stereocenters. The number of fused-ring (bicyclic) bond motifs is 1. The Hall–Kier alpha value is -0.250. The molecule has 0 saturated carbocycles. The monoisotopic (exact) mass is 273 g/mol. The third kappa shape index (κ3) is 1.58. The van der Waals surface area contributed by atoms with Gasteiger partial charge < -0.3 is 5.32 Å². The van der Waals surface area contributed by atoms with E-state index in [-0.39, 0.29) is 0 Å². The first-order valence-electron chi connectivity index (χ1n) is 4.30. The average Bonchev–Trinajstić information content (AvgIpc) is 2.17. The summed E-state index contributed by atoms with van der Waals surface area (Å²) in [5, 5.41) is 3.54. The standard InChI is InChI=1S/C10H12IN/c11-7-9-6-5-8-3-1-2-4-10(8)12-9/h1-4,9,12H,5-7H2. The molecule has 2 heteroatoms. The molecule has 12 heavy (non-hydrogen) atoms. The van der Waals surface area contributed by atoms with E-state index in [0.717, 1.165) is 0 Å². The molecule has 1 nitrogen and oxygen atoms in total. The molecule has 0 aliphatic carbocycles. The minimum atomic E-state index is 0.681. The second-order valence-corrected chi connectivity index (χ2v) is 4.07. The zero-order valence-corrected chi connectivity index (χ0v) is 9.04. The van der Waals surface area contributed by atoms with Crippen LogP contribution < -0.4 is 5.32 Å². The molecule has 1 aromatic carbocycles. The molecule has 0 radical (unpaired) electrons. The zero-order valence-electron chi connectivity index (χ0n) is 6.89. The average molecular weight is 273 g/mol. The molecule has 1 aliphatic rings. The number of hydrogen-bond acceptors (Lipinski definition) is 1. The van der Waals surface area contributed by atoms with E-state index >= 15 is 0 Å². The van der Waals surface area contributed by atoms with Crippen LogP contribution in [0.5, 0.6) is 0 Å². The number of hydrogen-bond donors (Lipinski definition) is 1.